The molecule has 6 nitrogen and oxygen atoms in total. The fourth-order valence-corrected chi connectivity index (χ4v) is 6.15. The molecule has 3 aliphatic rings. The van der Waals surface area contributed by atoms with E-state index < -0.39 is 41.8 Å². The van der Waals surface area contributed by atoms with Crippen molar-refractivity contribution in [1.29, 1.82) is 0 Å². The summed E-state index contributed by atoms with van der Waals surface area (Å²) in [7, 11) is 1.26. The first-order valence-corrected chi connectivity index (χ1v) is 10.9. The molecule has 2 aromatic heterocycles. The molecule has 1 fully saturated rings. The summed E-state index contributed by atoms with van der Waals surface area (Å²) in [6, 6.07) is 1.35. The number of hydrogen-bond acceptors (Lipinski definition) is 5. The van der Waals surface area contributed by atoms with Crippen LogP contribution in [0, 0.1) is 0 Å². The number of nitrogens with one attached hydrogen (secondary N) is 1. The van der Waals surface area contributed by atoms with Crippen LogP contribution in [0.5, 0.6) is 0 Å². The Morgan fingerprint density at radius 2 is 2.03 bits per heavy atom. The predicted molar refractivity (Wildman–Crippen MR) is 109 cm³/mol. The van der Waals surface area contributed by atoms with Gasteiger partial charge in [0.1, 0.15) is 17.1 Å². The molecule has 3 unspecified atom stereocenters. The van der Waals surface area contributed by atoms with Crippen LogP contribution in [0.3, 0.4) is 0 Å². The van der Waals surface area contributed by atoms with E-state index in [2.05, 4.69) is 4.98 Å². The van der Waals surface area contributed by atoms with Gasteiger partial charge in [-0.25, -0.2) is 18.0 Å². The Morgan fingerprint density at radius 1 is 1.32 bits per heavy atom. The van der Waals surface area contributed by atoms with Gasteiger partial charge < -0.3 is 9.84 Å². The maximum Gasteiger partial charge on any atom is 0.329 e. The number of aliphatic hydroxyl groups excluding tert-OH is 1. The third kappa shape index (κ3) is 2.95. The lowest BCUT2D eigenvalue weighted by atomic mass is 9.86. The van der Waals surface area contributed by atoms with Crippen LogP contribution in [0.25, 0.3) is 11.3 Å². The van der Waals surface area contributed by atoms with Crippen LogP contribution in [-0.2, 0) is 11.2 Å². The van der Waals surface area contributed by atoms with Gasteiger partial charge >= 0.3 is 5.69 Å². The fourth-order valence-electron chi connectivity index (χ4n) is 4.76. The molecule has 0 amide bonds. The van der Waals surface area contributed by atoms with Gasteiger partial charge in [0.2, 0.25) is 0 Å². The predicted octanol–water partition coefficient (Wildman–Crippen LogP) is 1.61. The quantitative estimate of drug-likeness (QED) is 0.738. The zero-order valence-electron chi connectivity index (χ0n) is 16.9. The highest BCUT2D eigenvalue weighted by Gasteiger charge is 2.46. The van der Waals surface area contributed by atoms with Crippen LogP contribution in [0.2, 0.25) is 0 Å². The second kappa shape index (κ2) is 6.83. The van der Waals surface area contributed by atoms with Crippen LogP contribution in [0.15, 0.2) is 15.7 Å². The van der Waals surface area contributed by atoms with Crippen LogP contribution in [0.1, 0.15) is 59.6 Å². The average Bonchev–Trinajstić information content (AvgIpc) is 3.45. The highest BCUT2D eigenvalue weighted by molar-refractivity contribution is 7.12. The minimum atomic E-state index is -3.23. The van der Waals surface area contributed by atoms with Crippen molar-refractivity contribution >= 4 is 22.7 Å². The molecule has 31 heavy (non-hydrogen) atoms. The maximum absolute atomic E-state index is 15.7. The highest BCUT2D eigenvalue weighted by atomic mass is 32.1. The van der Waals surface area contributed by atoms with Crippen LogP contribution >= 0.6 is 11.3 Å². The number of methoxy groups -OCH3 is 1. The Hall–Kier alpha value is -2.33. The van der Waals surface area contributed by atoms with Gasteiger partial charge in [0.25, 0.3) is 11.5 Å². The molecular formula is C21H21F3N2O4S. The molecule has 166 valence electrons. The number of rotatable bonds is 3. The summed E-state index contributed by atoms with van der Waals surface area (Å²) in [5.41, 5.74) is -0.683. The molecule has 5 rings (SSSR count). The number of alkyl halides is 3. The Labute approximate surface area is 178 Å². The summed E-state index contributed by atoms with van der Waals surface area (Å²) in [5, 5.41) is 10.5. The Morgan fingerprint density at radius 3 is 2.68 bits per heavy atom. The first kappa shape index (κ1) is 20.6. The number of aromatic amines is 1. The number of aryl methyl sites for hydroxylation is 1. The molecule has 2 heterocycles. The number of fused-ring (bicyclic) bond motifs is 2. The monoisotopic (exact) mass is 454 g/mol. The van der Waals surface area contributed by atoms with E-state index in [1.807, 2.05) is 0 Å². The summed E-state index contributed by atoms with van der Waals surface area (Å²) < 4.78 is 50.5. The van der Waals surface area contributed by atoms with Crippen molar-refractivity contribution in [2.24, 2.45) is 0 Å². The minimum Gasteiger partial charge on any atom is -0.497 e. The van der Waals surface area contributed by atoms with E-state index in [-0.39, 0.29) is 29.0 Å². The topological polar surface area (TPSA) is 84.3 Å². The van der Waals surface area contributed by atoms with Gasteiger partial charge in [0, 0.05) is 27.8 Å². The van der Waals surface area contributed by atoms with Crippen molar-refractivity contribution in [1.82, 2.24) is 9.55 Å². The molecule has 2 aromatic rings. The average molecular weight is 454 g/mol. The smallest absolute Gasteiger partial charge is 0.329 e. The Kier molecular flexibility index (Phi) is 4.53. The molecule has 0 spiro atoms. The van der Waals surface area contributed by atoms with Crippen molar-refractivity contribution in [2.45, 2.75) is 62.8 Å². The molecular weight excluding hydrogens is 433 g/mol. The maximum atomic E-state index is 15.7. The van der Waals surface area contributed by atoms with E-state index in [0.717, 1.165) is 12.8 Å². The second-order valence-electron chi connectivity index (χ2n) is 8.41. The summed E-state index contributed by atoms with van der Waals surface area (Å²) in [6.07, 6.45) is -2.51. The van der Waals surface area contributed by atoms with Crippen molar-refractivity contribution in [2.75, 3.05) is 7.11 Å². The summed E-state index contributed by atoms with van der Waals surface area (Å²) in [5.74, 6) is -4.33. The standard InChI is InChI=1S/C21H21F3N2O4S/c1-8-13(12-7-10-11(31-12)5-6-21(23,24)18(10)27)15(22)17(30-2)14-16(8)26(9-3-4-9)20(29)25-19(14)28/h7,9,13,15,18,27H,3-6H2,1-2H3,(H,25,28,29). The van der Waals surface area contributed by atoms with Gasteiger partial charge in [0.15, 0.2) is 6.17 Å². The minimum absolute atomic E-state index is 0.00291. The first-order chi connectivity index (χ1) is 14.7. The lowest BCUT2D eigenvalue weighted by molar-refractivity contribution is -0.121. The Bertz CT molecular complexity index is 1320. The SMILES string of the molecule is COC1=c2c(=O)[nH]c(=O)n(C3CC3)c2=C(C)C(c2cc3c(s2)CCC(F)(F)C3O)C1F. The Balaban J connectivity index is 1.78. The zero-order chi connectivity index (χ0) is 22.2. The number of hydrogen-bond donors (Lipinski definition) is 2. The van der Waals surface area contributed by atoms with Gasteiger partial charge in [-0.3, -0.25) is 14.3 Å². The van der Waals surface area contributed by atoms with Crippen molar-refractivity contribution in [3.05, 3.63) is 52.8 Å². The molecule has 0 saturated heterocycles. The van der Waals surface area contributed by atoms with Crippen molar-refractivity contribution in [3.8, 4) is 0 Å². The number of H-pyrrole nitrogens is 1. The summed E-state index contributed by atoms with van der Waals surface area (Å²) in [4.78, 5) is 28.5. The number of ether oxygens (including phenoxy) is 1. The van der Waals surface area contributed by atoms with Gasteiger partial charge in [-0.15, -0.1) is 11.3 Å². The second-order valence-corrected chi connectivity index (χ2v) is 9.57. The molecule has 3 aliphatic carbocycles. The molecule has 0 radical (unpaired) electrons. The third-order valence-corrected chi connectivity index (χ3v) is 7.75. The van der Waals surface area contributed by atoms with E-state index in [4.69, 9.17) is 4.74 Å². The van der Waals surface area contributed by atoms with Crippen molar-refractivity contribution < 1.29 is 23.0 Å². The van der Waals surface area contributed by atoms with E-state index in [0.29, 0.717) is 20.7 Å². The highest BCUT2D eigenvalue weighted by Crippen LogP contribution is 2.48. The normalized spacial score (nSPS) is 27.1. The fraction of sp³-hybridized carbons (Fsp3) is 0.524. The number of nitrogens with zero attached hydrogens (tertiary/aromatic N) is 1. The van der Waals surface area contributed by atoms with E-state index in [1.54, 1.807) is 6.92 Å². The van der Waals surface area contributed by atoms with Gasteiger partial charge in [-0.05, 0) is 37.8 Å². The van der Waals surface area contributed by atoms with Gasteiger partial charge in [-0.2, -0.15) is 0 Å². The largest absolute Gasteiger partial charge is 0.497 e. The van der Waals surface area contributed by atoms with Crippen LogP contribution in [0.4, 0.5) is 13.2 Å². The molecule has 3 atom stereocenters. The molecule has 0 bridgehead atoms. The summed E-state index contributed by atoms with van der Waals surface area (Å²) in [6.45, 7) is 1.66. The lowest BCUT2D eigenvalue weighted by Crippen LogP contribution is -2.58. The van der Waals surface area contributed by atoms with Gasteiger partial charge in [-0.1, -0.05) is 0 Å². The van der Waals surface area contributed by atoms with Crippen LogP contribution < -0.4 is 21.8 Å². The molecule has 2 N–H and O–H groups in total. The number of halogens is 3. The summed E-state index contributed by atoms with van der Waals surface area (Å²) >= 11 is 1.18. The molecule has 10 heteroatoms. The van der Waals surface area contributed by atoms with Gasteiger partial charge in [0.05, 0.1) is 18.4 Å². The molecule has 0 aromatic carbocycles. The first-order valence-electron chi connectivity index (χ1n) is 10.1. The van der Waals surface area contributed by atoms with E-state index in [9.17, 15) is 23.5 Å². The lowest BCUT2D eigenvalue weighted by Gasteiger charge is -2.27. The van der Waals surface area contributed by atoms with E-state index >= 15 is 4.39 Å². The molecule has 1 saturated carbocycles. The number of thiophene rings is 1. The molecule has 0 aliphatic heterocycles. The number of aromatic nitrogens is 2. The van der Waals surface area contributed by atoms with Crippen LogP contribution in [-0.4, -0.2) is 33.9 Å². The van der Waals surface area contributed by atoms with Crippen molar-refractivity contribution in [3.63, 3.8) is 0 Å². The number of aliphatic hydroxyl groups is 1. The zero-order valence-corrected chi connectivity index (χ0v) is 17.7. The third-order valence-electron chi connectivity index (χ3n) is 6.45. The van der Waals surface area contributed by atoms with E-state index in [1.165, 1.54) is 29.1 Å².